The van der Waals surface area contributed by atoms with Gasteiger partial charge in [0.05, 0.1) is 24.4 Å². The lowest BCUT2D eigenvalue weighted by Gasteiger charge is -2.14. The van der Waals surface area contributed by atoms with Crippen LogP contribution in [0.2, 0.25) is 0 Å². The molecule has 3 rings (SSSR count). The Balaban J connectivity index is 1.91. The minimum atomic E-state index is 0.664. The van der Waals surface area contributed by atoms with Crippen molar-refractivity contribution >= 4 is 0 Å². The first-order valence-electron chi connectivity index (χ1n) is 9.65. The Hall–Kier alpha value is -3.19. The molecule has 4 nitrogen and oxygen atoms in total. The van der Waals surface area contributed by atoms with Gasteiger partial charge in [0.15, 0.2) is 0 Å². The molecule has 1 aromatic heterocycles. The zero-order valence-electron chi connectivity index (χ0n) is 16.7. The lowest BCUT2D eigenvalue weighted by atomic mass is 9.96. The highest BCUT2D eigenvalue weighted by atomic mass is 16.5. The average Bonchev–Trinajstić information content (AvgIpc) is 2.74. The van der Waals surface area contributed by atoms with Gasteiger partial charge in [-0.05, 0) is 42.5 Å². The number of rotatable bonds is 7. The molecule has 0 radical (unpaired) electrons. The summed E-state index contributed by atoms with van der Waals surface area (Å²) >= 11 is 0. The van der Waals surface area contributed by atoms with Gasteiger partial charge in [-0.1, -0.05) is 55.8 Å². The van der Waals surface area contributed by atoms with Crippen molar-refractivity contribution in [3.63, 3.8) is 0 Å². The third-order valence-electron chi connectivity index (χ3n) is 4.82. The molecule has 28 heavy (non-hydrogen) atoms. The second kappa shape index (κ2) is 9.14. The molecule has 0 aliphatic rings. The Bertz CT molecular complexity index is 988. The molecule has 0 saturated heterocycles. The summed E-state index contributed by atoms with van der Waals surface area (Å²) in [5.41, 5.74) is 5.99. The number of methoxy groups -OCH3 is 1. The third-order valence-corrected chi connectivity index (χ3v) is 4.82. The Labute approximate surface area is 166 Å². The van der Waals surface area contributed by atoms with Gasteiger partial charge in [-0.15, -0.1) is 0 Å². The van der Waals surface area contributed by atoms with E-state index >= 15 is 0 Å². The SMILES string of the molecule is CCCCc1nc(C)nc(OC)c1Cc1ccc(-c2ccccc2C#N)cc1. The molecule has 0 fully saturated rings. The summed E-state index contributed by atoms with van der Waals surface area (Å²) in [6.07, 6.45) is 3.87. The Kier molecular flexibility index (Phi) is 6.39. The summed E-state index contributed by atoms with van der Waals surface area (Å²) in [5.74, 6) is 1.41. The Morgan fingerprint density at radius 2 is 1.79 bits per heavy atom. The maximum absolute atomic E-state index is 9.33. The summed E-state index contributed by atoms with van der Waals surface area (Å²) in [6.45, 7) is 4.09. The number of aromatic nitrogens is 2. The van der Waals surface area contributed by atoms with Crippen LogP contribution in [-0.4, -0.2) is 17.1 Å². The van der Waals surface area contributed by atoms with Crippen LogP contribution in [-0.2, 0) is 12.8 Å². The Morgan fingerprint density at radius 1 is 1.04 bits per heavy atom. The van der Waals surface area contributed by atoms with Crippen molar-refractivity contribution in [3.05, 3.63) is 76.7 Å². The summed E-state index contributed by atoms with van der Waals surface area (Å²) in [7, 11) is 1.66. The molecule has 0 bridgehead atoms. The highest BCUT2D eigenvalue weighted by Crippen LogP contribution is 2.27. The van der Waals surface area contributed by atoms with Crippen LogP contribution in [0.4, 0.5) is 0 Å². The number of unbranched alkanes of at least 4 members (excludes halogenated alkanes) is 1. The lowest BCUT2D eigenvalue weighted by Crippen LogP contribution is -2.07. The van der Waals surface area contributed by atoms with Crippen molar-refractivity contribution in [3.8, 4) is 23.1 Å². The van der Waals surface area contributed by atoms with Crippen molar-refractivity contribution in [2.75, 3.05) is 7.11 Å². The number of hydrogen-bond donors (Lipinski definition) is 0. The number of ether oxygens (including phenoxy) is 1. The van der Waals surface area contributed by atoms with Crippen LogP contribution in [0.1, 0.15) is 48.0 Å². The lowest BCUT2D eigenvalue weighted by molar-refractivity contribution is 0.389. The van der Waals surface area contributed by atoms with Crippen LogP contribution in [0.3, 0.4) is 0 Å². The van der Waals surface area contributed by atoms with E-state index in [2.05, 4.69) is 47.2 Å². The Morgan fingerprint density at radius 3 is 2.46 bits per heavy atom. The van der Waals surface area contributed by atoms with Gasteiger partial charge >= 0.3 is 0 Å². The van der Waals surface area contributed by atoms with E-state index in [1.54, 1.807) is 7.11 Å². The fourth-order valence-electron chi connectivity index (χ4n) is 3.36. The summed E-state index contributed by atoms with van der Waals surface area (Å²) in [6, 6.07) is 18.3. The standard InChI is InChI=1S/C24H25N3O/c1-4-5-10-23-22(24(28-3)27-17(2)26-23)15-18-11-13-19(14-12-18)21-9-7-6-8-20(21)16-25/h6-9,11-14H,4-5,10,15H2,1-3H3. The second-order valence-corrected chi connectivity index (χ2v) is 6.84. The van der Waals surface area contributed by atoms with E-state index in [1.807, 2.05) is 31.2 Å². The highest BCUT2D eigenvalue weighted by Gasteiger charge is 2.14. The molecule has 0 amide bonds. The minimum absolute atomic E-state index is 0.664. The zero-order valence-corrected chi connectivity index (χ0v) is 16.7. The first-order valence-corrected chi connectivity index (χ1v) is 9.65. The van der Waals surface area contributed by atoms with E-state index in [0.717, 1.165) is 53.9 Å². The molecule has 0 spiro atoms. The van der Waals surface area contributed by atoms with Gasteiger partial charge in [0.2, 0.25) is 5.88 Å². The van der Waals surface area contributed by atoms with Gasteiger partial charge in [-0.2, -0.15) is 10.2 Å². The van der Waals surface area contributed by atoms with E-state index in [9.17, 15) is 5.26 Å². The summed E-state index contributed by atoms with van der Waals surface area (Å²) in [5, 5.41) is 9.33. The van der Waals surface area contributed by atoms with Crippen LogP contribution in [0.25, 0.3) is 11.1 Å². The molecule has 2 aromatic carbocycles. The van der Waals surface area contributed by atoms with Crippen molar-refractivity contribution < 1.29 is 4.74 Å². The predicted octanol–water partition coefficient (Wildman–Crippen LogP) is 5.27. The average molecular weight is 371 g/mol. The molecular formula is C24H25N3O. The maximum Gasteiger partial charge on any atom is 0.220 e. The van der Waals surface area contributed by atoms with Crippen LogP contribution >= 0.6 is 0 Å². The molecule has 0 unspecified atom stereocenters. The zero-order chi connectivity index (χ0) is 19.9. The van der Waals surface area contributed by atoms with E-state index in [1.165, 1.54) is 5.56 Å². The number of hydrogen-bond acceptors (Lipinski definition) is 4. The largest absolute Gasteiger partial charge is 0.481 e. The molecular weight excluding hydrogens is 346 g/mol. The predicted molar refractivity (Wildman–Crippen MR) is 111 cm³/mol. The monoisotopic (exact) mass is 371 g/mol. The van der Waals surface area contributed by atoms with Crippen LogP contribution < -0.4 is 4.74 Å². The highest BCUT2D eigenvalue weighted by molar-refractivity contribution is 5.70. The molecule has 1 heterocycles. The first kappa shape index (κ1) is 19.6. The molecule has 0 saturated carbocycles. The van der Waals surface area contributed by atoms with E-state index < -0.39 is 0 Å². The van der Waals surface area contributed by atoms with Crippen LogP contribution in [0.5, 0.6) is 5.88 Å². The maximum atomic E-state index is 9.33. The minimum Gasteiger partial charge on any atom is -0.481 e. The van der Waals surface area contributed by atoms with Gasteiger partial charge < -0.3 is 4.74 Å². The van der Waals surface area contributed by atoms with E-state index in [0.29, 0.717) is 11.4 Å². The molecule has 4 heteroatoms. The van der Waals surface area contributed by atoms with Gasteiger partial charge in [0.25, 0.3) is 0 Å². The van der Waals surface area contributed by atoms with E-state index in [4.69, 9.17) is 4.74 Å². The van der Waals surface area contributed by atoms with Crippen LogP contribution in [0, 0.1) is 18.3 Å². The van der Waals surface area contributed by atoms with Crippen molar-refractivity contribution in [1.82, 2.24) is 9.97 Å². The van der Waals surface area contributed by atoms with Gasteiger partial charge in [0, 0.05) is 12.0 Å². The third kappa shape index (κ3) is 4.37. The molecule has 0 atom stereocenters. The van der Waals surface area contributed by atoms with Crippen LogP contribution in [0.15, 0.2) is 48.5 Å². The second-order valence-electron chi connectivity index (χ2n) is 6.84. The van der Waals surface area contributed by atoms with Crippen molar-refractivity contribution in [1.29, 1.82) is 5.26 Å². The van der Waals surface area contributed by atoms with E-state index in [-0.39, 0.29) is 0 Å². The first-order chi connectivity index (χ1) is 13.7. The molecule has 0 N–H and O–H groups in total. The molecule has 0 aliphatic heterocycles. The number of benzene rings is 2. The number of nitriles is 1. The van der Waals surface area contributed by atoms with Gasteiger partial charge in [-0.25, -0.2) is 4.98 Å². The fraction of sp³-hybridized carbons (Fsp3) is 0.292. The topological polar surface area (TPSA) is 58.8 Å². The number of aryl methyl sites for hydroxylation is 2. The normalized spacial score (nSPS) is 10.5. The molecule has 0 aliphatic carbocycles. The smallest absolute Gasteiger partial charge is 0.220 e. The molecule has 3 aromatic rings. The quantitative estimate of drug-likeness (QED) is 0.568. The van der Waals surface area contributed by atoms with Gasteiger partial charge in [0.1, 0.15) is 5.82 Å². The molecule has 142 valence electrons. The van der Waals surface area contributed by atoms with Gasteiger partial charge in [-0.3, -0.25) is 0 Å². The summed E-state index contributed by atoms with van der Waals surface area (Å²) < 4.78 is 5.56. The van der Waals surface area contributed by atoms with Crippen molar-refractivity contribution in [2.24, 2.45) is 0 Å². The summed E-state index contributed by atoms with van der Waals surface area (Å²) in [4.78, 5) is 9.15. The number of nitrogens with zero attached hydrogens (tertiary/aromatic N) is 3. The fourth-order valence-corrected chi connectivity index (χ4v) is 3.36. The van der Waals surface area contributed by atoms with Crippen molar-refractivity contribution in [2.45, 2.75) is 39.5 Å².